The molecule has 0 spiro atoms. The van der Waals surface area contributed by atoms with Crippen LogP contribution in [0.4, 0.5) is 5.00 Å². The van der Waals surface area contributed by atoms with Crippen molar-refractivity contribution in [1.29, 1.82) is 10.7 Å². The first-order valence-corrected chi connectivity index (χ1v) is 5.08. The van der Waals surface area contributed by atoms with Crippen LogP contribution >= 0.6 is 11.3 Å². The summed E-state index contributed by atoms with van der Waals surface area (Å²) in [6, 6.07) is 2.11. The molecule has 0 saturated heterocycles. The van der Waals surface area contributed by atoms with Crippen molar-refractivity contribution in [2.24, 2.45) is 0 Å². The minimum Gasteiger partial charge on any atom is -0.192 e. The molecule has 0 saturated carbocycles. The zero-order chi connectivity index (χ0) is 9.26. The van der Waals surface area contributed by atoms with Gasteiger partial charge in [0.25, 0.3) is 0 Å². The third kappa shape index (κ3) is 1.20. The van der Waals surface area contributed by atoms with Gasteiger partial charge in [-0.25, -0.2) is 0 Å². The van der Waals surface area contributed by atoms with Crippen molar-refractivity contribution in [1.82, 2.24) is 0 Å². The van der Waals surface area contributed by atoms with Crippen LogP contribution in [0.5, 0.6) is 0 Å². The van der Waals surface area contributed by atoms with Crippen LogP contribution in [0.25, 0.3) is 4.98 Å². The van der Waals surface area contributed by atoms with Gasteiger partial charge < -0.3 is 0 Å². The fourth-order valence-corrected chi connectivity index (χ4v) is 2.86. The highest BCUT2D eigenvalue weighted by Gasteiger charge is 2.27. The first-order valence-electron chi connectivity index (χ1n) is 4.26. The number of thiophene rings is 1. The van der Waals surface area contributed by atoms with E-state index >= 15 is 0 Å². The van der Waals surface area contributed by atoms with Gasteiger partial charge in [-0.15, -0.1) is 0 Å². The smallest absolute Gasteiger partial charge is 0.192 e. The summed E-state index contributed by atoms with van der Waals surface area (Å²) < 4.78 is 0. The molecule has 0 aromatic carbocycles. The zero-order valence-electron chi connectivity index (χ0n) is 7.08. The van der Waals surface area contributed by atoms with Gasteiger partial charge in [0, 0.05) is 4.88 Å². The normalized spacial score (nSPS) is 14.3. The molecular weight excluding hydrogens is 182 g/mol. The van der Waals surface area contributed by atoms with E-state index in [1.54, 1.807) is 0 Å². The number of nitriles is 1. The van der Waals surface area contributed by atoms with Crippen molar-refractivity contribution in [3.05, 3.63) is 21.0 Å². The minimum absolute atomic E-state index is 0.481. The standard InChI is InChI=1S/C9H8N3S/c10-5-7-6-3-1-2-4-8(6)13-9(7)12-11/h1-4H2/q+1. The van der Waals surface area contributed by atoms with Crippen molar-refractivity contribution in [3.8, 4) is 6.07 Å². The molecule has 0 aliphatic heterocycles. The summed E-state index contributed by atoms with van der Waals surface area (Å²) in [5.74, 6) is 0. The molecule has 1 aliphatic carbocycles. The molecule has 13 heavy (non-hydrogen) atoms. The fraction of sp³-hybridized carbons (Fsp3) is 0.444. The van der Waals surface area contributed by atoms with E-state index in [2.05, 4.69) is 11.0 Å². The highest BCUT2D eigenvalue weighted by molar-refractivity contribution is 7.16. The molecule has 64 valence electrons. The summed E-state index contributed by atoms with van der Waals surface area (Å²) >= 11 is 1.45. The predicted molar refractivity (Wildman–Crippen MR) is 50.4 cm³/mol. The Bertz CT molecular complexity index is 419. The van der Waals surface area contributed by atoms with Gasteiger partial charge >= 0.3 is 5.00 Å². The second-order valence-electron chi connectivity index (χ2n) is 3.10. The van der Waals surface area contributed by atoms with Crippen LogP contribution < -0.4 is 0 Å². The van der Waals surface area contributed by atoms with Crippen molar-refractivity contribution >= 4 is 16.3 Å². The Balaban J connectivity index is 2.60. The van der Waals surface area contributed by atoms with Gasteiger partial charge in [0.1, 0.15) is 6.07 Å². The maximum absolute atomic E-state index is 8.88. The number of hydrogen-bond donors (Lipinski definition) is 0. The van der Waals surface area contributed by atoms with E-state index in [0.29, 0.717) is 10.6 Å². The summed E-state index contributed by atoms with van der Waals surface area (Å²) in [6.07, 6.45) is 4.32. The first kappa shape index (κ1) is 8.22. The molecule has 4 heteroatoms. The van der Waals surface area contributed by atoms with Gasteiger partial charge in [-0.2, -0.15) is 5.26 Å². The molecule has 1 heterocycles. The molecule has 0 unspecified atom stereocenters. The van der Waals surface area contributed by atoms with Gasteiger partial charge in [-0.1, -0.05) is 0 Å². The monoisotopic (exact) mass is 190 g/mol. The molecule has 1 aliphatic rings. The summed E-state index contributed by atoms with van der Waals surface area (Å²) in [5.41, 5.74) is 1.70. The Morgan fingerprint density at radius 1 is 1.31 bits per heavy atom. The topological polar surface area (TPSA) is 51.9 Å². The van der Waals surface area contributed by atoms with Crippen LogP contribution in [0.15, 0.2) is 0 Å². The lowest BCUT2D eigenvalue weighted by Crippen LogP contribution is -1.99. The second-order valence-corrected chi connectivity index (χ2v) is 4.19. The van der Waals surface area contributed by atoms with Gasteiger partial charge in [-0.3, -0.25) is 0 Å². The van der Waals surface area contributed by atoms with Crippen LogP contribution in [0, 0.1) is 16.7 Å². The molecule has 1 aromatic rings. The van der Waals surface area contributed by atoms with Crippen LogP contribution in [0.3, 0.4) is 0 Å². The molecule has 0 fully saturated rings. The van der Waals surface area contributed by atoms with Gasteiger partial charge in [-0.05, 0) is 42.6 Å². The third-order valence-corrected chi connectivity index (χ3v) is 3.53. The van der Waals surface area contributed by atoms with Crippen LogP contribution in [-0.2, 0) is 12.8 Å². The van der Waals surface area contributed by atoms with Gasteiger partial charge in [0.05, 0.1) is 0 Å². The lowest BCUT2D eigenvalue weighted by molar-refractivity contribution is 0.696. The second kappa shape index (κ2) is 3.16. The maximum atomic E-state index is 8.88. The molecule has 0 bridgehead atoms. The first-order chi connectivity index (χ1) is 6.36. The molecular formula is C9H8N3S+. The summed E-state index contributed by atoms with van der Waals surface area (Å²) in [7, 11) is 0. The van der Waals surface area contributed by atoms with E-state index in [-0.39, 0.29) is 0 Å². The molecule has 2 rings (SSSR count). The molecule has 1 aromatic heterocycles. The third-order valence-electron chi connectivity index (χ3n) is 2.36. The average Bonchev–Trinajstić information content (AvgIpc) is 2.55. The summed E-state index contributed by atoms with van der Waals surface area (Å²) in [4.78, 5) is 4.37. The van der Waals surface area contributed by atoms with Crippen molar-refractivity contribution < 1.29 is 0 Å². The van der Waals surface area contributed by atoms with Crippen molar-refractivity contribution in [2.45, 2.75) is 25.7 Å². The maximum Gasteiger partial charge on any atom is 0.458 e. The highest BCUT2D eigenvalue weighted by atomic mass is 32.1. The Morgan fingerprint density at radius 2 is 2.08 bits per heavy atom. The van der Waals surface area contributed by atoms with Crippen LogP contribution in [0.1, 0.15) is 28.8 Å². The van der Waals surface area contributed by atoms with Gasteiger partial charge in [0.15, 0.2) is 10.5 Å². The van der Waals surface area contributed by atoms with Crippen molar-refractivity contribution in [2.75, 3.05) is 0 Å². The van der Waals surface area contributed by atoms with Gasteiger partial charge in [0.2, 0.25) is 5.39 Å². The van der Waals surface area contributed by atoms with E-state index in [9.17, 15) is 0 Å². The number of diazo groups is 1. The predicted octanol–water partition coefficient (Wildman–Crippen LogP) is 2.98. The SMILES string of the molecule is N#Cc1c([N+]#N)sc2c1CCCC2. The molecule has 0 radical (unpaired) electrons. The zero-order valence-corrected chi connectivity index (χ0v) is 7.89. The van der Waals surface area contributed by atoms with E-state index in [0.717, 1.165) is 24.8 Å². The number of hydrogen-bond acceptors (Lipinski definition) is 3. The van der Waals surface area contributed by atoms with E-state index in [4.69, 9.17) is 10.7 Å². The van der Waals surface area contributed by atoms with Crippen molar-refractivity contribution in [3.63, 3.8) is 0 Å². The number of aryl methyl sites for hydroxylation is 1. The Hall–Kier alpha value is -1.39. The fourth-order valence-electron chi connectivity index (χ4n) is 1.74. The van der Waals surface area contributed by atoms with Crippen LogP contribution in [-0.4, -0.2) is 0 Å². The summed E-state index contributed by atoms with van der Waals surface area (Å²) in [6.45, 7) is 0. The van der Waals surface area contributed by atoms with E-state index in [1.807, 2.05) is 0 Å². The molecule has 0 N–H and O–H groups in total. The molecule has 0 amide bonds. The number of nitrogens with zero attached hydrogens (tertiary/aromatic N) is 3. The Labute approximate surface area is 80.2 Å². The highest BCUT2D eigenvalue weighted by Crippen LogP contribution is 2.39. The lowest BCUT2D eigenvalue weighted by atomic mass is 9.96. The van der Waals surface area contributed by atoms with Crippen LogP contribution in [0.2, 0.25) is 0 Å². The number of rotatable bonds is 0. The molecule has 0 atom stereocenters. The molecule has 3 nitrogen and oxygen atoms in total. The largest absolute Gasteiger partial charge is 0.458 e. The lowest BCUT2D eigenvalue weighted by Gasteiger charge is -2.08. The van der Waals surface area contributed by atoms with E-state index in [1.165, 1.54) is 22.6 Å². The Kier molecular flexibility index (Phi) is 2.00. The quantitative estimate of drug-likeness (QED) is 0.590. The average molecular weight is 190 g/mol. The minimum atomic E-state index is 0.481. The number of fused-ring (bicyclic) bond motifs is 1. The summed E-state index contributed by atoms with van der Waals surface area (Å²) in [5, 5.41) is 18.0. The van der Waals surface area contributed by atoms with E-state index < -0.39 is 0 Å². The Morgan fingerprint density at radius 3 is 2.77 bits per heavy atom.